The van der Waals surface area contributed by atoms with Crippen LogP contribution in [0.3, 0.4) is 0 Å². The molecule has 2 aromatic rings. The zero-order valence-corrected chi connectivity index (χ0v) is 14.7. The van der Waals surface area contributed by atoms with Gasteiger partial charge in [0.15, 0.2) is 6.23 Å². The highest BCUT2D eigenvalue weighted by Gasteiger charge is 2.39. The molecule has 0 aliphatic carbocycles. The number of para-hydroxylation sites is 1. The van der Waals surface area contributed by atoms with Gasteiger partial charge in [-0.25, -0.2) is 0 Å². The Hall–Kier alpha value is -1.33. The number of rotatable bonds is 3. The van der Waals surface area contributed by atoms with E-state index in [0.717, 1.165) is 28.8 Å². The van der Waals surface area contributed by atoms with E-state index in [0.29, 0.717) is 6.04 Å². The molecule has 0 saturated carbocycles. The molecule has 0 radical (unpaired) electrons. The molecule has 0 saturated heterocycles. The van der Waals surface area contributed by atoms with Gasteiger partial charge in [-0.15, -0.1) is 11.3 Å². The van der Waals surface area contributed by atoms with Crippen LogP contribution < -0.4 is 4.74 Å². The number of halogens is 1. The summed E-state index contributed by atoms with van der Waals surface area (Å²) in [5.74, 6) is 1.02. The average molecular weight is 377 g/mol. The number of hydrazone groups is 1. The zero-order chi connectivity index (χ0) is 15.1. The summed E-state index contributed by atoms with van der Waals surface area (Å²) in [5, 5.41) is 7.08. The number of hydrogen-bond donors (Lipinski definition) is 0. The lowest BCUT2D eigenvalue weighted by Crippen LogP contribution is -2.40. The van der Waals surface area contributed by atoms with E-state index in [9.17, 15) is 0 Å². The van der Waals surface area contributed by atoms with Crippen molar-refractivity contribution in [2.24, 2.45) is 5.10 Å². The predicted octanol–water partition coefficient (Wildman–Crippen LogP) is 5.18. The Kier molecular flexibility index (Phi) is 3.70. The van der Waals surface area contributed by atoms with E-state index in [2.05, 4.69) is 58.2 Å². The maximum absolute atomic E-state index is 6.19. The molecule has 0 fully saturated rings. The minimum Gasteiger partial charge on any atom is -0.469 e. The molecular weight excluding hydrogens is 360 g/mol. The fraction of sp³-hybridized carbons (Fsp3) is 0.353. The highest BCUT2D eigenvalue weighted by molar-refractivity contribution is 9.11. The number of hydrogen-bond acceptors (Lipinski definition) is 4. The molecule has 1 aromatic carbocycles. The van der Waals surface area contributed by atoms with Crippen LogP contribution in [-0.4, -0.2) is 16.9 Å². The van der Waals surface area contributed by atoms with Gasteiger partial charge in [-0.2, -0.15) is 5.10 Å². The van der Waals surface area contributed by atoms with Gasteiger partial charge in [0.05, 0.1) is 20.4 Å². The van der Waals surface area contributed by atoms with Gasteiger partial charge in [-0.3, -0.25) is 5.01 Å². The third-order valence-corrected chi connectivity index (χ3v) is 5.84. The van der Waals surface area contributed by atoms with Gasteiger partial charge in [0.1, 0.15) is 5.75 Å². The molecule has 0 bridgehead atoms. The van der Waals surface area contributed by atoms with Crippen molar-refractivity contribution in [2.45, 2.75) is 38.5 Å². The van der Waals surface area contributed by atoms with Crippen LogP contribution >= 0.6 is 27.3 Å². The van der Waals surface area contributed by atoms with Crippen LogP contribution in [0.2, 0.25) is 0 Å². The number of fused-ring (bicyclic) bond motifs is 3. The van der Waals surface area contributed by atoms with E-state index in [-0.39, 0.29) is 6.23 Å². The molecule has 0 N–H and O–H groups in total. The molecule has 22 heavy (non-hydrogen) atoms. The lowest BCUT2D eigenvalue weighted by atomic mass is 9.98. The Morgan fingerprint density at radius 2 is 2.18 bits per heavy atom. The number of benzene rings is 1. The number of ether oxygens (including phenoxy) is 1. The third-order valence-electron chi connectivity index (χ3n) is 4.17. The molecule has 0 spiro atoms. The Morgan fingerprint density at radius 1 is 1.32 bits per heavy atom. The minimum atomic E-state index is 0.0470. The maximum atomic E-state index is 6.19. The van der Waals surface area contributed by atoms with Crippen LogP contribution in [0.1, 0.15) is 42.7 Å². The summed E-state index contributed by atoms with van der Waals surface area (Å²) >= 11 is 5.29. The number of thiophene rings is 1. The fourth-order valence-corrected chi connectivity index (χ4v) is 4.54. The van der Waals surface area contributed by atoms with Crippen molar-refractivity contribution < 1.29 is 4.74 Å². The van der Waals surface area contributed by atoms with Gasteiger partial charge >= 0.3 is 0 Å². The van der Waals surface area contributed by atoms with Crippen LogP contribution in [0.4, 0.5) is 0 Å². The van der Waals surface area contributed by atoms with Gasteiger partial charge < -0.3 is 4.74 Å². The lowest BCUT2D eigenvalue weighted by Gasteiger charge is -2.38. The van der Waals surface area contributed by atoms with Gasteiger partial charge in [0, 0.05) is 18.4 Å². The predicted molar refractivity (Wildman–Crippen MR) is 93.5 cm³/mol. The molecule has 0 unspecified atom stereocenters. The van der Waals surface area contributed by atoms with Crippen molar-refractivity contribution in [3.8, 4) is 5.75 Å². The summed E-state index contributed by atoms with van der Waals surface area (Å²) in [6.07, 6.45) is 3.08. The third kappa shape index (κ3) is 2.36. The van der Waals surface area contributed by atoms with Gasteiger partial charge in [-0.1, -0.05) is 31.5 Å². The van der Waals surface area contributed by atoms with Crippen LogP contribution in [0, 0.1) is 0 Å². The van der Waals surface area contributed by atoms with E-state index in [1.807, 2.05) is 6.07 Å². The molecule has 3 nitrogen and oxygen atoms in total. The SMILES string of the molecule is CCC[C@@H]1Oc2ccccc2[C@@H]2CC(c3ccc(Br)s3)=NN12. The summed E-state index contributed by atoms with van der Waals surface area (Å²) in [4.78, 5) is 1.24. The normalized spacial score (nSPS) is 22.8. The monoisotopic (exact) mass is 376 g/mol. The molecule has 0 amide bonds. The highest BCUT2D eigenvalue weighted by atomic mass is 79.9. The lowest BCUT2D eigenvalue weighted by molar-refractivity contribution is -0.0223. The van der Waals surface area contributed by atoms with E-state index in [1.54, 1.807) is 11.3 Å². The largest absolute Gasteiger partial charge is 0.469 e. The smallest absolute Gasteiger partial charge is 0.187 e. The first kappa shape index (κ1) is 14.3. The molecule has 4 rings (SSSR count). The Labute approximate surface area is 142 Å². The first-order valence-corrected chi connectivity index (χ1v) is 9.24. The summed E-state index contributed by atoms with van der Waals surface area (Å²) in [5.41, 5.74) is 2.42. The van der Waals surface area contributed by atoms with E-state index >= 15 is 0 Å². The van der Waals surface area contributed by atoms with Crippen molar-refractivity contribution in [2.75, 3.05) is 0 Å². The Bertz CT molecular complexity index is 727. The van der Waals surface area contributed by atoms with Gasteiger partial charge in [0.25, 0.3) is 0 Å². The Morgan fingerprint density at radius 3 is 2.95 bits per heavy atom. The van der Waals surface area contributed by atoms with E-state index < -0.39 is 0 Å². The maximum Gasteiger partial charge on any atom is 0.187 e. The zero-order valence-electron chi connectivity index (χ0n) is 12.3. The second-order valence-corrected chi connectivity index (χ2v) is 8.11. The molecule has 2 aliphatic heterocycles. The van der Waals surface area contributed by atoms with Gasteiger partial charge in [-0.05, 0) is 34.1 Å². The first-order valence-electron chi connectivity index (χ1n) is 7.63. The van der Waals surface area contributed by atoms with Crippen LogP contribution in [0.5, 0.6) is 5.75 Å². The number of nitrogens with zero attached hydrogens (tertiary/aromatic N) is 2. The summed E-state index contributed by atoms with van der Waals surface area (Å²) in [6.45, 7) is 2.19. The van der Waals surface area contributed by atoms with E-state index in [4.69, 9.17) is 9.84 Å². The van der Waals surface area contributed by atoms with Crippen molar-refractivity contribution in [3.05, 3.63) is 50.6 Å². The quantitative estimate of drug-likeness (QED) is 0.736. The standard InChI is InChI=1S/C17H17BrN2OS/c1-2-5-17-20-13(11-6-3-4-7-14(11)21-17)10-12(19-20)15-8-9-16(18)22-15/h3-4,6-9,13,17H,2,5,10H2,1H3/t13-,17-/m0/s1. The summed E-state index contributed by atoms with van der Waals surface area (Å²) < 4.78 is 7.34. The van der Waals surface area contributed by atoms with Crippen molar-refractivity contribution in [1.29, 1.82) is 0 Å². The molecule has 5 heteroatoms. The van der Waals surface area contributed by atoms with Crippen molar-refractivity contribution in [1.82, 2.24) is 5.01 Å². The fourth-order valence-electron chi connectivity index (χ4n) is 3.17. The molecule has 1 aromatic heterocycles. The molecular formula is C17H17BrN2OS. The van der Waals surface area contributed by atoms with E-state index in [1.165, 1.54) is 16.2 Å². The topological polar surface area (TPSA) is 24.8 Å². The minimum absolute atomic E-state index is 0.0470. The Balaban J connectivity index is 1.72. The van der Waals surface area contributed by atoms with Crippen molar-refractivity contribution >= 4 is 33.0 Å². The molecule has 2 aliphatic rings. The summed E-state index contributed by atoms with van der Waals surface area (Å²) in [6, 6.07) is 12.9. The molecule has 2 atom stereocenters. The van der Waals surface area contributed by atoms with Crippen LogP contribution in [-0.2, 0) is 0 Å². The molecule has 114 valence electrons. The second kappa shape index (κ2) is 5.70. The van der Waals surface area contributed by atoms with Gasteiger partial charge in [0.2, 0.25) is 0 Å². The van der Waals surface area contributed by atoms with Crippen LogP contribution in [0.25, 0.3) is 0 Å². The highest BCUT2D eigenvalue weighted by Crippen LogP contribution is 2.44. The summed E-state index contributed by atoms with van der Waals surface area (Å²) in [7, 11) is 0. The van der Waals surface area contributed by atoms with Crippen molar-refractivity contribution in [3.63, 3.8) is 0 Å². The van der Waals surface area contributed by atoms with Crippen LogP contribution in [0.15, 0.2) is 45.3 Å². The first-order chi connectivity index (χ1) is 10.8. The average Bonchev–Trinajstić information content (AvgIpc) is 3.14. The molecule has 3 heterocycles. The second-order valence-electron chi connectivity index (χ2n) is 5.65.